The first-order valence-electron chi connectivity index (χ1n) is 16.5. The number of amides is 1. The van der Waals surface area contributed by atoms with Crippen LogP contribution in [0.4, 0.5) is 16.2 Å². The number of carbonyl (C=O) groups is 1. The zero-order valence-electron chi connectivity index (χ0n) is 28.9. The van der Waals surface area contributed by atoms with Gasteiger partial charge in [0, 0.05) is 42.9 Å². The van der Waals surface area contributed by atoms with Crippen molar-refractivity contribution in [2.75, 3.05) is 13.1 Å². The lowest BCUT2D eigenvalue weighted by Gasteiger charge is -2.33. The Labute approximate surface area is 320 Å². The van der Waals surface area contributed by atoms with E-state index in [0.29, 0.717) is 51.7 Å². The number of pyridine rings is 2. The summed E-state index contributed by atoms with van der Waals surface area (Å²) in [6.07, 6.45) is 4.78. The molecule has 2 aromatic carbocycles. The Hall–Kier alpha value is -4.97. The van der Waals surface area contributed by atoms with E-state index in [4.69, 9.17) is 9.47 Å². The number of likely N-dealkylation sites (tertiary alicyclic amines) is 1. The molecule has 0 unspecified atom stereocenters. The monoisotopic (exact) mass is 819 g/mol. The van der Waals surface area contributed by atoms with E-state index < -0.39 is 15.4 Å². The van der Waals surface area contributed by atoms with Crippen molar-refractivity contribution < 1.29 is 24.1 Å². The zero-order chi connectivity index (χ0) is 37.7. The standard InChI is InChI=1S/C23H26N4O5S.C13H8BrN3O2S/c1-23(2,3)32-22(28)26-10-8-16(9-11-26)31-14-15-12-18-21(24-13-15)33-20(25-18)17-6-4-5-7-19(17)27(29)30;14-6-8-5-10-13(15-7-8)20-12(16-10)9-3-1-2-4-11(9)17(18)19/h4-7,12-13,16H,8-11,14H2,1-3H3;1-5,7H,6H2. The second-order valence-electron chi connectivity index (χ2n) is 13.0. The summed E-state index contributed by atoms with van der Waals surface area (Å²) in [4.78, 5) is 54.9. The average molecular weight is 821 g/mol. The molecule has 1 aliphatic heterocycles. The Morgan fingerprint density at radius 3 is 1.83 bits per heavy atom. The molecular weight excluding hydrogens is 786 g/mol. The van der Waals surface area contributed by atoms with Crippen molar-refractivity contribution in [2.45, 2.75) is 57.3 Å². The lowest BCUT2D eigenvalue weighted by atomic mass is 10.1. The summed E-state index contributed by atoms with van der Waals surface area (Å²) < 4.78 is 11.5. The second-order valence-corrected chi connectivity index (χ2v) is 15.5. The van der Waals surface area contributed by atoms with Gasteiger partial charge in [-0.2, -0.15) is 0 Å². The van der Waals surface area contributed by atoms with Crippen molar-refractivity contribution >= 4 is 76.8 Å². The van der Waals surface area contributed by atoms with Crippen LogP contribution >= 0.6 is 38.6 Å². The van der Waals surface area contributed by atoms with Crippen LogP contribution in [0.1, 0.15) is 44.7 Å². The molecule has 14 nitrogen and oxygen atoms in total. The van der Waals surface area contributed by atoms with Gasteiger partial charge in [-0.15, -0.1) is 0 Å². The highest BCUT2D eigenvalue weighted by molar-refractivity contribution is 9.08. The minimum absolute atomic E-state index is 0.0258. The molecule has 4 aromatic heterocycles. The van der Waals surface area contributed by atoms with Crippen molar-refractivity contribution in [1.29, 1.82) is 0 Å². The van der Waals surface area contributed by atoms with Gasteiger partial charge in [0.15, 0.2) is 0 Å². The molecule has 1 amide bonds. The number of hydrogen-bond donors (Lipinski definition) is 0. The number of fused-ring (bicyclic) bond motifs is 2. The first-order chi connectivity index (χ1) is 25.4. The van der Waals surface area contributed by atoms with E-state index in [1.807, 2.05) is 32.9 Å². The maximum atomic E-state index is 12.2. The molecule has 0 atom stereocenters. The van der Waals surface area contributed by atoms with Crippen LogP contribution in [0.15, 0.2) is 73.1 Å². The number of piperidine rings is 1. The summed E-state index contributed by atoms with van der Waals surface area (Å²) >= 11 is 6.06. The van der Waals surface area contributed by atoms with Crippen LogP contribution < -0.4 is 0 Å². The maximum Gasteiger partial charge on any atom is 0.410 e. The summed E-state index contributed by atoms with van der Waals surface area (Å²) in [5, 5.41) is 24.3. The number of ether oxygens (including phenoxy) is 2. The average Bonchev–Trinajstić information content (AvgIpc) is 3.77. The first-order valence-corrected chi connectivity index (χ1v) is 19.3. The highest BCUT2D eigenvalue weighted by Crippen LogP contribution is 2.36. The van der Waals surface area contributed by atoms with Gasteiger partial charge in [-0.1, -0.05) is 62.9 Å². The van der Waals surface area contributed by atoms with E-state index >= 15 is 0 Å². The predicted octanol–water partition coefficient (Wildman–Crippen LogP) is 9.34. The molecule has 1 saturated heterocycles. The molecule has 7 rings (SSSR count). The second kappa shape index (κ2) is 16.4. The molecule has 6 aromatic rings. The number of nitrogens with zero attached hydrogens (tertiary/aromatic N) is 7. The number of hydrogen-bond acceptors (Lipinski definition) is 13. The predicted molar refractivity (Wildman–Crippen MR) is 207 cm³/mol. The summed E-state index contributed by atoms with van der Waals surface area (Å²) in [6, 6.07) is 17.0. The van der Waals surface area contributed by atoms with Gasteiger partial charge in [0.2, 0.25) is 0 Å². The number of thiazole rings is 2. The fourth-order valence-corrected chi connectivity index (χ4v) is 7.64. The normalized spacial score (nSPS) is 13.5. The fourth-order valence-electron chi connectivity index (χ4n) is 5.49. The molecule has 0 aliphatic carbocycles. The molecule has 17 heteroatoms. The number of benzene rings is 2. The van der Waals surface area contributed by atoms with Gasteiger partial charge >= 0.3 is 6.09 Å². The quantitative estimate of drug-likeness (QED) is 0.0812. The minimum Gasteiger partial charge on any atom is -0.444 e. The van der Waals surface area contributed by atoms with E-state index in [9.17, 15) is 25.0 Å². The van der Waals surface area contributed by atoms with Crippen LogP contribution in [0.5, 0.6) is 0 Å². The largest absolute Gasteiger partial charge is 0.444 e. The van der Waals surface area contributed by atoms with E-state index in [1.54, 1.807) is 53.7 Å². The van der Waals surface area contributed by atoms with Crippen molar-refractivity contribution in [2.24, 2.45) is 0 Å². The number of carbonyl (C=O) groups excluding carboxylic acids is 1. The minimum atomic E-state index is -0.503. The lowest BCUT2D eigenvalue weighted by Crippen LogP contribution is -2.43. The van der Waals surface area contributed by atoms with Gasteiger partial charge in [-0.05, 0) is 69.0 Å². The Balaban J connectivity index is 0.000000204. The molecular formula is C36H34BrN7O7S2. The van der Waals surface area contributed by atoms with Crippen molar-refractivity contribution in [3.05, 3.63) is 104 Å². The van der Waals surface area contributed by atoms with E-state index in [-0.39, 0.29) is 23.6 Å². The Bertz CT molecular complexity index is 2280. The number of halogens is 1. The van der Waals surface area contributed by atoms with Crippen molar-refractivity contribution in [3.63, 3.8) is 0 Å². The highest BCUT2D eigenvalue weighted by Gasteiger charge is 2.27. The summed E-state index contributed by atoms with van der Waals surface area (Å²) in [5.41, 5.74) is 3.96. The van der Waals surface area contributed by atoms with Crippen molar-refractivity contribution in [3.8, 4) is 21.1 Å². The zero-order valence-corrected chi connectivity index (χ0v) is 32.1. The molecule has 0 bridgehead atoms. The van der Waals surface area contributed by atoms with Crippen LogP contribution in [0.2, 0.25) is 0 Å². The fraction of sp³-hybridized carbons (Fsp3) is 0.306. The molecule has 0 spiro atoms. The van der Waals surface area contributed by atoms with Crippen molar-refractivity contribution in [1.82, 2.24) is 24.8 Å². The molecule has 1 fully saturated rings. The molecule has 274 valence electrons. The van der Waals surface area contributed by atoms with E-state index in [1.165, 1.54) is 34.8 Å². The molecule has 0 N–H and O–H groups in total. The van der Waals surface area contributed by atoms with Crippen LogP contribution in [-0.4, -0.2) is 65.6 Å². The van der Waals surface area contributed by atoms with Gasteiger partial charge in [-0.3, -0.25) is 20.2 Å². The van der Waals surface area contributed by atoms with Gasteiger partial charge in [0.25, 0.3) is 11.4 Å². The highest BCUT2D eigenvalue weighted by atomic mass is 79.9. The van der Waals surface area contributed by atoms with Gasteiger partial charge < -0.3 is 14.4 Å². The molecule has 53 heavy (non-hydrogen) atoms. The Morgan fingerprint density at radius 1 is 0.849 bits per heavy atom. The smallest absolute Gasteiger partial charge is 0.410 e. The molecule has 0 radical (unpaired) electrons. The van der Waals surface area contributed by atoms with E-state index in [2.05, 4.69) is 35.9 Å². The summed E-state index contributed by atoms with van der Waals surface area (Å²) in [5.74, 6) is 0. The Kier molecular flexibility index (Phi) is 11.7. The molecule has 1 aliphatic rings. The SMILES string of the molecule is CC(C)(C)OC(=O)N1CCC(OCc2cnc3sc(-c4ccccc4[N+](=O)[O-])nc3c2)CC1.O=[N+]([O-])c1ccccc1-c1nc2cc(CBr)cnc2s1. The van der Waals surface area contributed by atoms with Gasteiger partial charge in [0.05, 0.1) is 33.7 Å². The number of rotatable bonds is 8. The van der Waals surface area contributed by atoms with E-state index in [0.717, 1.165) is 39.1 Å². The van der Waals surface area contributed by atoms with Gasteiger partial charge in [-0.25, -0.2) is 24.7 Å². The summed E-state index contributed by atoms with van der Waals surface area (Å²) in [7, 11) is 0. The third-order valence-corrected chi connectivity index (χ3v) is 10.7. The number of alkyl halides is 1. The lowest BCUT2D eigenvalue weighted by molar-refractivity contribution is -0.384. The number of nitro groups is 2. The number of aromatic nitrogens is 4. The van der Waals surface area contributed by atoms with Crippen LogP contribution in [0, 0.1) is 20.2 Å². The molecule has 5 heterocycles. The third-order valence-electron chi connectivity index (χ3n) is 8.00. The third kappa shape index (κ3) is 9.34. The molecule has 0 saturated carbocycles. The Morgan fingerprint density at radius 2 is 1.34 bits per heavy atom. The summed E-state index contributed by atoms with van der Waals surface area (Å²) in [6.45, 7) is 7.16. The number of para-hydroxylation sites is 2. The number of nitro benzene ring substituents is 2. The topological polar surface area (TPSA) is 177 Å². The van der Waals surface area contributed by atoms with Crippen LogP contribution in [0.3, 0.4) is 0 Å². The van der Waals surface area contributed by atoms with Gasteiger partial charge in [0.1, 0.15) is 36.3 Å². The van der Waals surface area contributed by atoms with Crippen LogP contribution in [-0.2, 0) is 21.4 Å². The first kappa shape index (κ1) is 37.8. The maximum absolute atomic E-state index is 12.2. The van der Waals surface area contributed by atoms with Crippen LogP contribution in [0.25, 0.3) is 41.8 Å².